The number of hydrogen-bond acceptors (Lipinski definition) is 8. The quantitative estimate of drug-likeness (QED) is 0.244. The van der Waals surface area contributed by atoms with Crippen LogP contribution in [-0.2, 0) is 19.1 Å². The van der Waals surface area contributed by atoms with E-state index < -0.39 is 29.6 Å². The van der Waals surface area contributed by atoms with E-state index in [1.807, 2.05) is 12.1 Å². The van der Waals surface area contributed by atoms with Crippen molar-refractivity contribution in [3.8, 4) is 11.5 Å². The van der Waals surface area contributed by atoms with E-state index in [4.69, 9.17) is 21.1 Å². The van der Waals surface area contributed by atoms with Crippen LogP contribution in [0.25, 0.3) is 6.08 Å². The highest BCUT2D eigenvalue weighted by molar-refractivity contribution is 14.1. The molecule has 1 aliphatic heterocycles. The molecule has 0 aromatic heterocycles. The van der Waals surface area contributed by atoms with Crippen LogP contribution in [0.2, 0.25) is 5.02 Å². The van der Waals surface area contributed by atoms with E-state index >= 15 is 0 Å². The molecule has 0 spiro atoms. The van der Waals surface area contributed by atoms with Gasteiger partial charge in [-0.15, -0.1) is 0 Å². The summed E-state index contributed by atoms with van der Waals surface area (Å²) in [7, 11) is 1.23. The zero-order valence-corrected chi connectivity index (χ0v) is 22.4. The number of hydrogen-bond donors (Lipinski definition) is 1. The first kappa shape index (κ1) is 26.8. The fourth-order valence-electron chi connectivity index (χ4n) is 2.93. The number of halogens is 2. The first-order valence-corrected chi connectivity index (χ1v) is 12.5. The third-order valence-corrected chi connectivity index (χ3v) is 6.40. The van der Waals surface area contributed by atoms with Gasteiger partial charge in [-0.05, 0) is 89.3 Å². The summed E-state index contributed by atoms with van der Waals surface area (Å²) in [6.07, 6.45) is 1.47. The van der Waals surface area contributed by atoms with Crippen molar-refractivity contribution in [2.24, 2.45) is 0 Å². The minimum atomic E-state index is -0.599. The highest BCUT2D eigenvalue weighted by Gasteiger charge is 2.36. The van der Waals surface area contributed by atoms with Crippen LogP contribution in [-0.4, -0.2) is 54.8 Å². The molecule has 1 fully saturated rings. The molecule has 1 N–H and O–H groups in total. The monoisotopic (exact) mass is 630 g/mol. The maximum absolute atomic E-state index is 12.8. The van der Waals surface area contributed by atoms with Gasteiger partial charge in [-0.3, -0.25) is 19.3 Å². The normalized spacial score (nSPS) is 14.3. The zero-order chi connectivity index (χ0) is 25.5. The fraction of sp³-hybridized carbons (Fsp3) is 0.217. The number of thioether (sulfide) groups is 1. The molecule has 0 radical (unpaired) electrons. The molecule has 12 heteroatoms. The number of methoxy groups -OCH3 is 1. The minimum absolute atomic E-state index is 0.124. The van der Waals surface area contributed by atoms with Crippen LogP contribution in [0, 0.1) is 3.57 Å². The van der Waals surface area contributed by atoms with Gasteiger partial charge in [0.1, 0.15) is 6.54 Å². The lowest BCUT2D eigenvalue weighted by Crippen LogP contribution is -2.36. The average molecular weight is 631 g/mol. The van der Waals surface area contributed by atoms with Crippen molar-refractivity contribution in [3.63, 3.8) is 0 Å². The summed E-state index contributed by atoms with van der Waals surface area (Å²) in [6.45, 7) is 1.27. The molecule has 0 saturated carbocycles. The van der Waals surface area contributed by atoms with Crippen molar-refractivity contribution in [3.05, 3.63) is 55.5 Å². The first-order valence-electron chi connectivity index (χ1n) is 10.2. The number of nitrogens with zero attached hydrogens (tertiary/aromatic N) is 1. The SMILES string of the molecule is CCOc1cc(/C=C2\SC(=O)N(CC(=O)Nc3ccc(I)cc3)C2=O)cc(Cl)c1OCC(=O)OC. The van der Waals surface area contributed by atoms with E-state index in [1.54, 1.807) is 25.1 Å². The minimum Gasteiger partial charge on any atom is -0.490 e. The average Bonchev–Trinajstić information content (AvgIpc) is 3.07. The number of esters is 1. The van der Waals surface area contributed by atoms with Crippen molar-refractivity contribution in [2.75, 3.05) is 32.2 Å². The standard InChI is InChI=1S/C23H20ClIN2O7S/c1-3-33-17-9-13(8-16(24)21(17)34-12-20(29)32-2)10-18-22(30)27(23(31)35-18)11-19(28)26-15-6-4-14(25)5-7-15/h4-10H,3,11-12H2,1-2H3,(H,26,28)/b18-10-. The van der Waals surface area contributed by atoms with Crippen LogP contribution in [0.15, 0.2) is 41.3 Å². The second-order valence-electron chi connectivity index (χ2n) is 6.95. The lowest BCUT2D eigenvalue weighted by atomic mass is 10.1. The van der Waals surface area contributed by atoms with Gasteiger partial charge in [0.25, 0.3) is 11.1 Å². The number of imide groups is 1. The number of benzene rings is 2. The molecule has 184 valence electrons. The smallest absolute Gasteiger partial charge is 0.343 e. The predicted octanol–water partition coefficient (Wildman–Crippen LogP) is 4.57. The molecule has 2 aromatic rings. The number of carbonyl (C=O) groups excluding carboxylic acids is 4. The van der Waals surface area contributed by atoms with Crippen LogP contribution < -0.4 is 14.8 Å². The molecule has 1 aliphatic rings. The van der Waals surface area contributed by atoms with Crippen LogP contribution >= 0.6 is 46.0 Å². The van der Waals surface area contributed by atoms with Gasteiger partial charge in [-0.25, -0.2) is 4.79 Å². The number of nitrogens with one attached hydrogen (secondary N) is 1. The first-order chi connectivity index (χ1) is 16.7. The second kappa shape index (κ2) is 12.3. The summed E-state index contributed by atoms with van der Waals surface area (Å²) in [5.74, 6) is -1.28. The van der Waals surface area contributed by atoms with Gasteiger partial charge in [0.05, 0.1) is 23.6 Å². The van der Waals surface area contributed by atoms with Gasteiger partial charge < -0.3 is 19.5 Å². The van der Waals surface area contributed by atoms with E-state index in [0.717, 1.165) is 8.47 Å². The number of carbonyl (C=O) groups is 4. The van der Waals surface area contributed by atoms with Crippen LogP contribution in [0.5, 0.6) is 11.5 Å². The third-order valence-electron chi connectivity index (χ3n) is 4.49. The molecular weight excluding hydrogens is 611 g/mol. The van der Waals surface area contributed by atoms with E-state index in [0.29, 0.717) is 29.6 Å². The highest BCUT2D eigenvalue weighted by Crippen LogP contribution is 2.39. The molecule has 3 rings (SSSR count). The Balaban J connectivity index is 1.75. The third kappa shape index (κ3) is 7.12. The Morgan fingerprint density at radius 1 is 1.17 bits per heavy atom. The van der Waals surface area contributed by atoms with Gasteiger partial charge in [-0.2, -0.15) is 0 Å². The summed E-state index contributed by atoms with van der Waals surface area (Å²) in [4.78, 5) is 50.0. The maximum atomic E-state index is 12.8. The molecular formula is C23H20ClIN2O7S. The van der Waals surface area contributed by atoms with E-state index in [-0.39, 0.29) is 28.0 Å². The van der Waals surface area contributed by atoms with Crippen molar-refractivity contribution in [1.29, 1.82) is 0 Å². The fourth-order valence-corrected chi connectivity index (χ4v) is 4.40. The molecule has 9 nitrogen and oxygen atoms in total. The number of amides is 3. The van der Waals surface area contributed by atoms with E-state index in [9.17, 15) is 19.2 Å². The predicted molar refractivity (Wildman–Crippen MR) is 141 cm³/mol. The Morgan fingerprint density at radius 2 is 1.89 bits per heavy atom. The second-order valence-corrected chi connectivity index (χ2v) is 9.60. The van der Waals surface area contributed by atoms with Gasteiger partial charge in [0.15, 0.2) is 18.1 Å². The molecule has 1 saturated heterocycles. The van der Waals surface area contributed by atoms with Crippen molar-refractivity contribution >= 4 is 80.7 Å². The molecule has 3 amide bonds. The topological polar surface area (TPSA) is 111 Å². The number of ether oxygens (including phenoxy) is 3. The lowest BCUT2D eigenvalue weighted by Gasteiger charge is -2.14. The Labute approximate surface area is 224 Å². The van der Waals surface area contributed by atoms with Crippen LogP contribution in [0.3, 0.4) is 0 Å². The molecule has 35 heavy (non-hydrogen) atoms. The Hall–Kier alpha value is -2.77. The molecule has 2 aromatic carbocycles. The van der Waals surface area contributed by atoms with Crippen molar-refractivity contribution < 1.29 is 33.4 Å². The van der Waals surface area contributed by atoms with Gasteiger partial charge in [0, 0.05) is 9.26 Å². The molecule has 1 heterocycles. The van der Waals surface area contributed by atoms with E-state index in [2.05, 4.69) is 32.6 Å². The van der Waals surface area contributed by atoms with Gasteiger partial charge in [-0.1, -0.05) is 11.6 Å². The summed E-state index contributed by atoms with van der Waals surface area (Å²) < 4.78 is 16.5. The Kier molecular flexibility index (Phi) is 9.40. The largest absolute Gasteiger partial charge is 0.490 e. The maximum Gasteiger partial charge on any atom is 0.343 e. The number of rotatable bonds is 9. The summed E-state index contributed by atoms with van der Waals surface area (Å²) in [5, 5.41) is 2.24. The van der Waals surface area contributed by atoms with Crippen LogP contribution in [0.4, 0.5) is 10.5 Å². The Bertz CT molecular complexity index is 1190. The van der Waals surface area contributed by atoms with Gasteiger partial charge >= 0.3 is 5.97 Å². The Morgan fingerprint density at radius 3 is 2.54 bits per heavy atom. The molecule has 0 unspecified atom stereocenters. The lowest BCUT2D eigenvalue weighted by molar-refractivity contribution is -0.143. The zero-order valence-electron chi connectivity index (χ0n) is 18.6. The molecule has 0 atom stereocenters. The van der Waals surface area contributed by atoms with Crippen molar-refractivity contribution in [1.82, 2.24) is 4.90 Å². The van der Waals surface area contributed by atoms with Crippen molar-refractivity contribution in [2.45, 2.75) is 6.92 Å². The summed E-state index contributed by atoms with van der Waals surface area (Å²) >= 11 is 9.18. The van der Waals surface area contributed by atoms with E-state index in [1.165, 1.54) is 19.3 Å². The van der Waals surface area contributed by atoms with Crippen LogP contribution in [0.1, 0.15) is 12.5 Å². The highest BCUT2D eigenvalue weighted by atomic mass is 127. The summed E-state index contributed by atoms with van der Waals surface area (Å²) in [6, 6.07) is 10.2. The molecule has 0 bridgehead atoms. The van der Waals surface area contributed by atoms with Gasteiger partial charge in [0.2, 0.25) is 5.91 Å². The molecule has 0 aliphatic carbocycles. The summed E-state index contributed by atoms with van der Waals surface area (Å²) in [5.41, 5.74) is 1.03. The number of anilines is 1.